The van der Waals surface area contributed by atoms with Gasteiger partial charge in [-0.1, -0.05) is 6.07 Å². The minimum Gasteiger partial charge on any atom is -0.329 e. The van der Waals surface area contributed by atoms with Crippen molar-refractivity contribution in [2.45, 2.75) is 37.6 Å². The van der Waals surface area contributed by atoms with Crippen molar-refractivity contribution in [3.63, 3.8) is 0 Å². The number of hydrogen-bond acceptors (Lipinski definition) is 3. The fourth-order valence-corrected chi connectivity index (χ4v) is 4.59. The molecule has 0 aromatic carbocycles. The van der Waals surface area contributed by atoms with Gasteiger partial charge in [0.2, 0.25) is 0 Å². The van der Waals surface area contributed by atoms with Crippen LogP contribution in [0.5, 0.6) is 0 Å². The van der Waals surface area contributed by atoms with Crippen LogP contribution >= 0.6 is 27.3 Å². The summed E-state index contributed by atoms with van der Waals surface area (Å²) in [7, 11) is 0. The summed E-state index contributed by atoms with van der Waals surface area (Å²) in [4.78, 5) is 16.1. The molecule has 0 spiro atoms. The third-order valence-corrected chi connectivity index (χ3v) is 6.08. The number of hydrogen-bond donors (Lipinski definition) is 1. The molecule has 1 saturated heterocycles. The molecule has 2 aliphatic rings. The minimum atomic E-state index is 0.0425. The van der Waals surface area contributed by atoms with Gasteiger partial charge in [-0.3, -0.25) is 9.89 Å². The number of aromatic nitrogens is 2. The zero-order chi connectivity index (χ0) is 14.4. The lowest BCUT2D eigenvalue weighted by Crippen LogP contribution is -2.30. The Balaban J connectivity index is 1.61. The Morgan fingerprint density at radius 1 is 1.43 bits per heavy atom. The van der Waals surface area contributed by atoms with Crippen LogP contribution in [0.15, 0.2) is 22.0 Å². The highest BCUT2D eigenvalue weighted by molar-refractivity contribution is 9.10. The number of likely N-dealkylation sites (tertiary alicyclic amines) is 1. The molecule has 3 heterocycles. The second-order valence-electron chi connectivity index (χ2n) is 5.75. The Hall–Kier alpha value is -1.14. The highest BCUT2D eigenvalue weighted by Crippen LogP contribution is 2.43. The molecular weight excluding hydrogens is 350 g/mol. The maximum atomic E-state index is 12.8. The van der Waals surface area contributed by atoms with Crippen LogP contribution < -0.4 is 0 Å². The van der Waals surface area contributed by atoms with E-state index in [9.17, 15) is 4.79 Å². The van der Waals surface area contributed by atoms with Crippen molar-refractivity contribution in [2.75, 3.05) is 6.54 Å². The SMILES string of the molecule is O=C(c1n[nH]c(C2CC2)c1Br)N1CCC[C@@H]1c1cccs1. The van der Waals surface area contributed by atoms with Crippen LogP contribution in [0.3, 0.4) is 0 Å². The van der Waals surface area contributed by atoms with Crippen LogP contribution in [-0.2, 0) is 0 Å². The van der Waals surface area contributed by atoms with Gasteiger partial charge in [0, 0.05) is 17.3 Å². The molecule has 1 saturated carbocycles. The molecule has 0 bridgehead atoms. The summed E-state index contributed by atoms with van der Waals surface area (Å²) in [5.74, 6) is 0.598. The maximum absolute atomic E-state index is 12.8. The first-order valence-corrected chi connectivity index (χ1v) is 9.01. The summed E-state index contributed by atoms with van der Waals surface area (Å²) in [6, 6.07) is 4.39. The van der Waals surface area contributed by atoms with E-state index in [1.165, 1.54) is 17.7 Å². The molecule has 1 amide bonds. The molecule has 1 aliphatic carbocycles. The van der Waals surface area contributed by atoms with Crippen molar-refractivity contribution in [2.24, 2.45) is 0 Å². The Kier molecular flexibility index (Phi) is 3.38. The monoisotopic (exact) mass is 365 g/mol. The third-order valence-electron chi connectivity index (χ3n) is 4.31. The van der Waals surface area contributed by atoms with E-state index in [0.717, 1.165) is 29.6 Å². The Bertz CT molecular complexity index is 663. The number of rotatable bonds is 3. The third kappa shape index (κ3) is 2.34. The summed E-state index contributed by atoms with van der Waals surface area (Å²) in [6.45, 7) is 0.819. The molecule has 2 aromatic rings. The number of aromatic amines is 1. The summed E-state index contributed by atoms with van der Waals surface area (Å²) in [5, 5.41) is 9.40. The molecule has 0 radical (unpaired) electrons. The lowest BCUT2D eigenvalue weighted by molar-refractivity contribution is 0.0731. The maximum Gasteiger partial charge on any atom is 0.276 e. The van der Waals surface area contributed by atoms with Crippen molar-refractivity contribution in [3.05, 3.63) is 38.3 Å². The average Bonchev–Trinajstić information content (AvgIpc) is 2.94. The van der Waals surface area contributed by atoms with E-state index < -0.39 is 0 Å². The van der Waals surface area contributed by atoms with Crippen molar-refractivity contribution in [1.29, 1.82) is 0 Å². The summed E-state index contributed by atoms with van der Waals surface area (Å²) in [6.07, 6.45) is 4.49. The van der Waals surface area contributed by atoms with Gasteiger partial charge in [0.05, 0.1) is 16.2 Å². The smallest absolute Gasteiger partial charge is 0.276 e. The van der Waals surface area contributed by atoms with Crippen LogP contribution in [0, 0.1) is 0 Å². The van der Waals surface area contributed by atoms with Crippen molar-refractivity contribution in [1.82, 2.24) is 15.1 Å². The predicted molar refractivity (Wildman–Crippen MR) is 85.6 cm³/mol. The van der Waals surface area contributed by atoms with Crippen LogP contribution in [0.2, 0.25) is 0 Å². The topological polar surface area (TPSA) is 49.0 Å². The lowest BCUT2D eigenvalue weighted by atomic mass is 10.2. The van der Waals surface area contributed by atoms with Gasteiger partial charge in [0.15, 0.2) is 5.69 Å². The van der Waals surface area contributed by atoms with E-state index in [2.05, 4.69) is 43.6 Å². The van der Waals surface area contributed by atoms with Crippen molar-refractivity contribution < 1.29 is 4.79 Å². The Morgan fingerprint density at radius 3 is 3.00 bits per heavy atom. The minimum absolute atomic E-state index is 0.0425. The molecule has 1 N–H and O–H groups in total. The Labute approximate surface area is 135 Å². The van der Waals surface area contributed by atoms with Gasteiger partial charge < -0.3 is 4.90 Å². The molecule has 110 valence electrons. The molecule has 2 fully saturated rings. The van der Waals surface area contributed by atoms with Gasteiger partial charge in [0.1, 0.15) is 0 Å². The number of H-pyrrole nitrogens is 1. The molecule has 1 aliphatic heterocycles. The molecule has 2 aromatic heterocycles. The first-order chi connectivity index (χ1) is 10.3. The van der Waals surface area contributed by atoms with Crippen LogP contribution in [-0.4, -0.2) is 27.5 Å². The zero-order valence-electron chi connectivity index (χ0n) is 11.5. The van der Waals surface area contributed by atoms with Gasteiger partial charge in [-0.2, -0.15) is 5.10 Å². The molecule has 6 heteroatoms. The number of carbonyl (C=O) groups excluding carboxylic acids is 1. The van der Waals surface area contributed by atoms with Crippen LogP contribution in [0.1, 0.15) is 58.7 Å². The standard InChI is InChI=1S/C15H16BrN3OS/c16-12-13(9-5-6-9)17-18-14(12)15(20)19-7-1-3-10(19)11-4-2-8-21-11/h2,4,8-10H,1,3,5-7H2,(H,17,18)/t10-/m1/s1. The highest BCUT2D eigenvalue weighted by Gasteiger charge is 2.35. The average molecular weight is 366 g/mol. The first-order valence-electron chi connectivity index (χ1n) is 7.34. The number of nitrogens with one attached hydrogen (secondary N) is 1. The van der Waals surface area contributed by atoms with E-state index in [1.807, 2.05) is 4.90 Å². The van der Waals surface area contributed by atoms with Gasteiger partial charge in [-0.15, -0.1) is 11.3 Å². The zero-order valence-corrected chi connectivity index (χ0v) is 13.9. The van der Waals surface area contributed by atoms with E-state index in [4.69, 9.17) is 0 Å². The fourth-order valence-electron chi connectivity index (χ4n) is 3.05. The summed E-state index contributed by atoms with van der Waals surface area (Å²) < 4.78 is 0.867. The molecular formula is C15H16BrN3OS. The van der Waals surface area contributed by atoms with Gasteiger partial charge in [0.25, 0.3) is 5.91 Å². The van der Waals surface area contributed by atoms with E-state index in [-0.39, 0.29) is 11.9 Å². The van der Waals surface area contributed by atoms with Gasteiger partial charge >= 0.3 is 0 Å². The number of halogens is 1. The predicted octanol–water partition coefficient (Wildman–Crippen LogP) is 4.09. The van der Waals surface area contributed by atoms with Crippen molar-refractivity contribution in [3.8, 4) is 0 Å². The molecule has 4 rings (SSSR count). The second-order valence-corrected chi connectivity index (χ2v) is 7.52. The quantitative estimate of drug-likeness (QED) is 0.890. The summed E-state index contributed by atoms with van der Waals surface area (Å²) in [5.41, 5.74) is 1.63. The van der Waals surface area contributed by atoms with Crippen LogP contribution in [0.4, 0.5) is 0 Å². The second kappa shape index (κ2) is 5.25. The molecule has 0 unspecified atom stereocenters. The molecule has 4 nitrogen and oxygen atoms in total. The number of thiophene rings is 1. The van der Waals surface area contributed by atoms with Gasteiger partial charge in [-0.05, 0) is 53.1 Å². The largest absolute Gasteiger partial charge is 0.329 e. The highest BCUT2D eigenvalue weighted by atomic mass is 79.9. The fraction of sp³-hybridized carbons (Fsp3) is 0.467. The summed E-state index contributed by atoms with van der Waals surface area (Å²) >= 11 is 5.30. The number of amides is 1. The van der Waals surface area contributed by atoms with E-state index in [0.29, 0.717) is 11.6 Å². The van der Waals surface area contributed by atoms with E-state index >= 15 is 0 Å². The van der Waals surface area contributed by atoms with E-state index in [1.54, 1.807) is 11.3 Å². The van der Waals surface area contributed by atoms with Crippen molar-refractivity contribution >= 4 is 33.2 Å². The lowest BCUT2D eigenvalue weighted by Gasteiger charge is -2.23. The van der Waals surface area contributed by atoms with Gasteiger partial charge in [-0.25, -0.2) is 0 Å². The first kappa shape index (κ1) is 13.5. The number of nitrogens with zero attached hydrogens (tertiary/aromatic N) is 2. The molecule has 1 atom stereocenters. The molecule has 21 heavy (non-hydrogen) atoms. The van der Waals surface area contributed by atoms with Crippen LogP contribution in [0.25, 0.3) is 0 Å². The number of carbonyl (C=O) groups is 1. The Morgan fingerprint density at radius 2 is 2.29 bits per heavy atom. The normalized spacial score (nSPS) is 22.0.